The number of rotatable bonds is 5. The molecule has 1 aliphatic rings. The van der Waals surface area contributed by atoms with Crippen LogP contribution in [0.1, 0.15) is 25.8 Å². The van der Waals surface area contributed by atoms with Crippen molar-refractivity contribution in [3.63, 3.8) is 0 Å². The summed E-state index contributed by atoms with van der Waals surface area (Å²) in [6.45, 7) is 5.57. The first-order valence-corrected chi connectivity index (χ1v) is 9.25. The second kappa shape index (κ2) is 8.08. The highest BCUT2D eigenvalue weighted by Gasteiger charge is 2.36. The number of carbonyl (C=O) groups is 2. The van der Waals surface area contributed by atoms with Crippen molar-refractivity contribution < 1.29 is 18.7 Å². The fraction of sp³-hybridized carbons (Fsp3) is 0.500. The maximum Gasteiger partial charge on any atom is 0.312 e. The number of likely N-dealkylation sites (tertiary alicyclic amines) is 1. The number of carbonyl (C=O) groups excluding carboxylic acids is 2. The molecule has 27 heavy (non-hydrogen) atoms. The van der Waals surface area contributed by atoms with E-state index in [4.69, 9.17) is 4.74 Å². The summed E-state index contributed by atoms with van der Waals surface area (Å²) in [7, 11) is 1.38. The second-order valence-corrected chi connectivity index (χ2v) is 7.36. The van der Waals surface area contributed by atoms with E-state index in [1.165, 1.54) is 19.2 Å². The van der Waals surface area contributed by atoms with Crippen molar-refractivity contribution in [1.82, 2.24) is 15.2 Å². The molecule has 2 aromatic rings. The van der Waals surface area contributed by atoms with Gasteiger partial charge in [0.15, 0.2) is 0 Å². The van der Waals surface area contributed by atoms with E-state index in [2.05, 4.69) is 29.0 Å². The molecule has 0 bridgehead atoms. The molecule has 2 atom stereocenters. The lowest BCUT2D eigenvalue weighted by molar-refractivity contribution is -0.149. The van der Waals surface area contributed by atoms with Crippen molar-refractivity contribution in [3.8, 4) is 0 Å². The minimum Gasteiger partial charge on any atom is -0.469 e. The van der Waals surface area contributed by atoms with Crippen LogP contribution in [0, 0.1) is 11.7 Å². The SMILES string of the molecule is COC(=O)C1CN(C(C)C)CCC1NC(=O)Cc1c[nH]c2cc(F)ccc12. The van der Waals surface area contributed by atoms with Crippen LogP contribution in [0.5, 0.6) is 0 Å². The quantitative estimate of drug-likeness (QED) is 0.786. The number of esters is 1. The number of hydrogen-bond donors (Lipinski definition) is 2. The lowest BCUT2D eigenvalue weighted by Crippen LogP contribution is -2.55. The highest BCUT2D eigenvalue weighted by atomic mass is 19.1. The molecule has 2 N–H and O–H groups in total. The third-order valence-corrected chi connectivity index (χ3v) is 5.31. The first-order chi connectivity index (χ1) is 12.9. The van der Waals surface area contributed by atoms with Crippen LogP contribution in [-0.4, -0.2) is 54.0 Å². The molecular weight excluding hydrogens is 349 g/mol. The number of H-pyrrole nitrogens is 1. The Bertz CT molecular complexity index is 833. The average Bonchev–Trinajstić information content (AvgIpc) is 3.02. The molecule has 2 heterocycles. The van der Waals surface area contributed by atoms with Crippen molar-refractivity contribution in [1.29, 1.82) is 0 Å². The molecule has 1 aromatic heterocycles. The molecule has 0 radical (unpaired) electrons. The van der Waals surface area contributed by atoms with Crippen LogP contribution >= 0.6 is 0 Å². The zero-order valence-electron chi connectivity index (χ0n) is 15.9. The van der Waals surface area contributed by atoms with E-state index in [-0.39, 0.29) is 36.1 Å². The Hall–Kier alpha value is -2.41. The summed E-state index contributed by atoms with van der Waals surface area (Å²) < 4.78 is 18.3. The van der Waals surface area contributed by atoms with Crippen LogP contribution in [0.25, 0.3) is 10.9 Å². The van der Waals surface area contributed by atoms with Gasteiger partial charge < -0.3 is 15.0 Å². The normalized spacial score (nSPS) is 20.8. The molecule has 3 rings (SSSR count). The fourth-order valence-electron chi connectivity index (χ4n) is 3.74. The summed E-state index contributed by atoms with van der Waals surface area (Å²) in [6.07, 6.45) is 2.59. The van der Waals surface area contributed by atoms with E-state index in [1.54, 1.807) is 12.3 Å². The third-order valence-electron chi connectivity index (χ3n) is 5.31. The third kappa shape index (κ3) is 4.30. The Labute approximate surface area is 158 Å². The van der Waals surface area contributed by atoms with Gasteiger partial charge in [-0.3, -0.25) is 14.5 Å². The standard InChI is InChI=1S/C20H26FN3O3/c1-12(2)24-7-6-17(16(11-24)20(26)27-3)23-19(25)8-13-10-22-18-9-14(21)4-5-15(13)18/h4-5,9-10,12,16-17,22H,6-8,11H2,1-3H3,(H,23,25). The number of nitrogens with one attached hydrogen (secondary N) is 2. The van der Waals surface area contributed by atoms with Gasteiger partial charge >= 0.3 is 5.97 Å². The number of amides is 1. The van der Waals surface area contributed by atoms with Crippen molar-refractivity contribution in [3.05, 3.63) is 35.8 Å². The first kappa shape index (κ1) is 19.4. The van der Waals surface area contributed by atoms with Crippen LogP contribution in [0.2, 0.25) is 0 Å². The number of fused-ring (bicyclic) bond motifs is 1. The van der Waals surface area contributed by atoms with E-state index in [0.717, 1.165) is 17.5 Å². The van der Waals surface area contributed by atoms with Crippen LogP contribution in [0.15, 0.2) is 24.4 Å². The van der Waals surface area contributed by atoms with Crippen LogP contribution in [0.4, 0.5) is 4.39 Å². The predicted molar refractivity (Wildman–Crippen MR) is 101 cm³/mol. The van der Waals surface area contributed by atoms with Gasteiger partial charge in [-0.1, -0.05) is 0 Å². The summed E-state index contributed by atoms with van der Waals surface area (Å²) in [4.78, 5) is 30.0. The number of aromatic nitrogens is 1. The predicted octanol–water partition coefficient (Wildman–Crippen LogP) is 2.24. The summed E-state index contributed by atoms with van der Waals surface area (Å²) >= 11 is 0. The van der Waals surface area contributed by atoms with E-state index in [9.17, 15) is 14.0 Å². The zero-order chi connectivity index (χ0) is 19.6. The summed E-state index contributed by atoms with van der Waals surface area (Å²) in [5.41, 5.74) is 1.47. The number of ether oxygens (including phenoxy) is 1. The Morgan fingerprint density at radius 3 is 2.89 bits per heavy atom. The molecule has 1 saturated heterocycles. The lowest BCUT2D eigenvalue weighted by Gasteiger charge is -2.39. The monoisotopic (exact) mass is 375 g/mol. The smallest absolute Gasteiger partial charge is 0.312 e. The molecule has 1 amide bonds. The van der Waals surface area contributed by atoms with E-state index in [1.807, 2.05) is 0 Å². The number of benzene rings is 1. The Morgan fingerprint density at radius 1 is 1.41 bits per heavy atom. The van der Waals surface area contributed by atoms with Gasteiger partial charge in [-0.25, -0.2) is 4.39 Å². The maximum atomic E-state index is 13.3. The van der Waals surface area contributed by atoms with Gasteiger partial charge in [0, 0.05) is 42.3 Å². The Morgan fingerprint density at radius 2 is 2.19 bits per heavy atom. The van der Waals surface area contributed by atoms with Gasteiger partial charge in [-0.05, 0) is 44.0 Å². The maximum absolute atomic E-state index is 13.3. The molecule has 1 aromatic carbocycles. The van der Waals surface area contributed by atoms with Gasteiger partial charge in [-0.15, -0.1) is 0 Å². The summed E-state index contributed by atoms with van der Waals surface area (Å²) in [5, 5.41) is 3.83. The molecule has 6 nitrogen and oxygen atoms in total. The van der Waals surface area contributed by atoms with E-state index < -0.39 is 0 Å². The van der Waals surface area contributed by atoms with Gasteiger partial charge in [0.05, 0.1) is 19.4 Å². The number of piperidine rings is 1. The number of nitrogens with zero attached hydrogens (tertiary/aromatic N) is 1. The highest BCUT2D eigenvalue weighted by molar-refractivity contribution is 5.89. The number of halogens is 1. The molecule has 7 heteroatoms. The average molecular weight is 375 g/mol. The Balaban J connectivity index is 1.69. The highest BCUT2D eigenvalue weighted by Crippen LogP contribution is 2.22. The fourth-order valence-corrected chi connectivity index (χ4v) is 3.74. The van der Waals surface area contributed by atoms with Crippen LogP contribution in [-0.2, 0) is 20.7 Å². The van der Waals surface area contributed by atoms with Gasteiger partial charge in [0.2, 0.25) is 5.91 Å². The van der Waals surface area contributed by atoms with Gasteiger partial charge in [0.25, 0.3) is 0 Å². The minimum absolute atomic E-state index is 0.155. The topological polar surface area (TPSA) is 74.4 Å². The first-order valence-electron chi connectivity index (χ1n) is 9.25. The molecule has 1 fully saturated rings. The minimum atomic E-state index is -0.382. The molecule has 2 unspecified atom stereocenters. The molecule has 0 spiro atoms. The van der Waals surface area contributed by atoms with E-state index >= 15 is 0 Å². The van der Waals surface area contributed by atoms with Crippen LogP contribution < -0.4 is 5.32 Å². The summed E-state index contributed by atoms with van der Waals surface area (Å²) in [5.74, 6) is -1.16. The molecule has 0 saturated carbocycles. The zero-order valence-corrected chi connectivity index (χ0v) is 15.9. The second-order valence-electron chi connectivity index (χ2n) is 7.36. The van der Waals surface area contributed by atoms with Crippen molar-refractivity contribution in [2.75, 3.05) is 20.2 Å². The molecule has 0 aliphatic carbocycles. The molecule has 146 valence electrons. The van der Waals surface area contributed by atoms with Gasteiger partial charge in [0.1, 0.15) is 5.82 Å². The Kier molecular flexibility index (Phi) is 5.79. The number of aromatic amines is 1. The number of hydrogen-bond acceptors (Lipinski definition) is 4. The van der Waals surface area contributed by atoms with Crippen molar-refractivity contribution in [2.24, 2.45) is 5.92 Å². The lowest BCUT2D eigenvalue weighted by atomic mass is 9.91. The number of methoxy groups -OCH3 is 1. The largest absolute Gasteiger partial charge is 0.469 e. The van der Waals surface area contributed by atoms with Gasteiger partial charge in [-0.2, -0.15) is 0 Å². The van der Waals surface area contributed by atoms with Crippen LogP contribution in [0.3, 0.4) is 0 Å². The van der Waals surface area contributed by atoms with Crippen molar-refractivity contribution in [2.45, 2.75) is 38.8 Å². The van der Waals surface area contributed by atoms with Crippen molar-refractivity contribution >= 4 is 22.8 Å². The van der Waals surface area contributed by atoms with E-state index in [0.29, 0.717) is 24.5 Å². The molecular formula is C20H26FN3O3. The molecule has 1 aliphatic heterocycles. The summed E-state index contributed by atoms with van der Waals surface area (Å²) in [6, 6.07) is 4.54.